The molecule has 0 aliphatic rings. The third kappa shape index (κ3) is 3.03. The van der Waals surface area contributed by atoms with E-state index in [1.165, 1.54) is 12.1 Å². The van der Waals surface area contributed by atoms with Crippen molar-refractivity contribution >= 4 is 12.4 Å². The summed E-state index contributed by atoms with van der Waals surface area (Å²) in [5.74, 6) is -0.266. The smallest absolute Gasteiger partial charge is 0.142 e. The van der Waals surface area contributed by atoms with E-state index in [0.29, 0.717) is 11.8 Å². The van der Waals surface area contributed by atoms with Crippen LogP contribution in [0, 0.1) is 5.82 Å². The zero-order valence-electron chi connectivity index (χ0n) is 6.98. The Morgan fingerprint density at radius 1 is 1.08 bits per heavy atom. The molecule has 0 saturated heterocycles. The molecule has 0 N–H and O–H groups in total. The van der Waals surface area contributed by atoms with Gasteiger partial charge in [0.05, 0.1) is 0 Å². The summed E-state index contributed by atoms with van der Waals surface area (Å²) in [4.78, 5) is 9.89. The number of carbonyl (C=O) groups is 1. The first-order valence-electron chi connectivity index (χ1n) is 3.87. The van der Waals surface area contributed by atoms with Gasteiger partial charge in [-0.1, -0.05) is 36.4 Å². The summed E-state index contributed by atoms with van der Waals surface area (Å²) >= 11 is 0. The van der Waals surface area contributed by atoms with Crippen LogP contribution in [0.2, 0.25) is 0 Å². The van der Waals surface area contributed by atoms with Crippen LogP contribution in [0.15, 0.2) is 42.5 Å². The number of allylic oxidation sites excluding steroid dienone is 3. The standard InChI is InChI=1S/C11H9FO/c12-11-8-4-3-7-10(11)6-2-1-5-9-13/h1-9H. The average molecular weight is 176 g/mol. The lowest BCUT2D eigenvalue weighted by atomic mass is 10.2. The summed E-state index contributed by atoms with van der Waals surface area (Å²) in [5, 5.41) is 0. The first kappa shape index (κ1) is 9.39. The zero-order chi connectivity index (χ0) is 9.52. The number of carbonyl (C=O) groups excluding carboxylic acids is 1. The molecule has 0 bridgehead atoms. The van der Waals surface area contributed by atoms with Crippen LogP contribution in [0.3, 0.4) is 0 Å². The highest BCUT2D eigenvalue weighted by Gasteiger charge is 1.92. The molecule has 0 heterocycles. The second-order valence-corrected chi connectivity index (χ2v) is 2.40. The molecule has 0 atom stereocenters. The fourth-order valence-corrected chi connectivity index (χ4v) is 0.879. The maximum atomic E-state index is 13.0. The molecule has 0 aliphatic carbocycles. The summed E-state index contributed by atoms with van der Waals surface area (Å²) in [6.07, 6.45) is 6.80. The first-order chi connectivity index (χ1) is 6.34. The highest BCUT2D eigenvalue weighted by molar-refractivity contribution is 5.66. The predicted octanol–water partition coefficient (Wildman–Crippen LogP) is 2.59. The monoisotopic (exact) mass is 176 g/mol. The summed E-state index contributed by atoms with van der Waals surface area (Å²) < 4.78 is 13.0. The van der Waals surface area contributed by atoms with E-state index in [-0.39, 0.29) is 5.82 Å². The molecule has 0 aliphatic heterocycles. The minimum absolute atomic E-state index is 0.266. The number of rotatable bonds is 3. The van der Waals surface area contributed by atoms with Crippen molar-refractivity contribution in [1.82, 2.24) is 0 Å². The van der Waals surface area contributed by atoms with Gasteiger partial charge in [-0.25, -0.2) is 4.39 Å². The summed E-state index contributed by atoms with van der Waals surface area (Å²) in [6, 6.07) is 6.45. The summed E-state index contributed by atoms with van der Waals surface area (Å²) in [5.41, 5.74) is 0.512. The Morgan fingerprint density at radius 3 is 2.54 bits per heavy atom. The van der Waals surface area contributed by atoms with Gasteiger partial charge in [0.2, 0.25) is 0 Å². The van der Waals surface area contributed by atoms with Gasteiger partial charge in [0.1, 0.15) is 12.1 Å². The lowest BCUT2D eigenvalue weighted by Gasteiger charge is -1.92. The topological polar surface area (TPSA) is 17.1 Å². The molecule has 0 spiro atoms. The molecule has 0 aromatic heterocycles. The lowest BCUT2D eigenvalue weighted by molar-refractivity contribution is -0.104. The van der Waals surface area contributed by atoms with E-state index in [1.807, 2.05) is 0 Å². The van der Waals surface area contributed by atoms with Crippen molar-refractivity contribution in [3.8, 4) is 0 Å². The molecular weight excluding hydrogens is 167 g/mol. The van der Waals surface area contributed by atoms with E-state index in [2.05, 4.69) is 0 Å². The Kier molecular flexibility index (Phi) is 3.64. The molecule has 1 nitrogen and oxygen atoms in total. The highest BCUT2D eigenvalue weighted by Crippen LogP contribution is 2.07. The van der Waals surface area contributed by atoms with Gasteiger partial charge in [-0.05, 0) is 12.1 Å². The molecule has 0 saturated carbocycles. The molecule has 2 heteroatoms. The van der Waals surface area contributed by atoms with Gasteiger partial charge in [-0.15, -0.1) is 0 Å². The summed E-state index contributed by atoms with van der Waals surface area (Å²) in [7, 11) is 0. The maximum absolute atomic E-state index is 13.0. The third-order valence-electron chi connectivity index (χ3n) is 1.48. The van der Waals surface area contributed by atoms with E-state index >= 15 is 0 Å². The van der Waals surface area contributed by atoms with Gasteiger partial charge in [-0.3, -0.25) is 4.79 Å². The number of aldehydes is 1. The van der Waals surface area contributed by atoms with E-state index in [9.17, 15) is 9.18 Å². The lowest BCUT2D eigenvalue weighted by Crippen LogP contribution is -1.78. The Morgan fingerprint density at radius 2 is 1.85 bits per heavy atom. The van der Waals surface area contributed by atoms with Crippen molar-refractivity contribution in [2.24, 2.45) is 0 Å². The number of benzene rings is 1. The molecule has 1 aromatic rings. The quantitative estimate of drug-likeness (QED) is 0.393. The number of halogens is 1. The van der Waals surface area contributed by atoms with Crippen molar-refractivity contribution in [1.29, 1.82) is 0 Å². The molecule has 0 unspecified atom stereocenters. The van der Waals surface area contributed by atoms with Crippen LogP contribution in [0.1, 0.15) is 5.56 Å². The van der Waals surface area contributed by atoms with Gasteiger partial charge in [0.25, 0.3) is 0 Å². The Balaban J connectivity index is 2.74. The average Bonchev–Trinajstić information content (AvgIpc) is 2.15. The van der Waals surface area contributed by atoms with Crippen LogP contribution >= 0.6 is 0 Å². The predicted molar refractivity (Wildman–Crippen MR) is 50.6 cm³/mol. The minimum atomic E-state index is -0.266. The molecule has 1 aromatic carbocycles. The molecule has 0 radical (unpaired) electrons. The van der Waals surface area contributed by atoms with Crippen molar-refractivity contribution in [3.63, 3.8) is 0 Å². The zero-order valence-corrected chi connectivity index (χ0v) is 6.98. The van der Waals surface area contributed by atoms with Crippen molar-refractivity contribution in [3.05, 3.63) is 53.9 Å². The second-order valence-electron chi connectivity index (χ2n) is 2.40. The van der Waals surface area contributed by atoms with Crippen LogP contribution in [-0.4, -0.2) is 6.29 Å². The molecule has 0 fully saturated rings. The molecule has 1 rings (SSSR count). The van der Waals surface area contributed by atoms with E-state index in [1.54, 1.807) is 36.4 Å². The van der Waals surface area contributed by atoms with Crippen LogP contribution in [0.25, 0.3) is 6.08 Å². The molecule has 13 heavy (non-hydrogen) atoms. The highest BCUT2D eigenvalue weighted by atomic mass is 19.1. The minimum Gasteiger partial charge on any atom is -0.299 e. The van der Waals surface area contributed by atoms with E-state index < -0.39 is 0 Å². The van der Waals surface area contributed by atoms with Gasteiger partial charge >= 0.3 is 0 Å². The Bertz CT molecular complexity index is 340. The number of hydrogen-bond donors (Lipinski definition) is 0. The largest absolute Gasteiger partial charge is 0.299 e. The normalized spacial score (nSPS) is 11.2. The van der Waals surface area contributed by atoms with Crippen molar-refractivity contribution in [2.75, 3.05) is 0 Å². The fraction of sp³-hybridized carbons (Fsp3) is 0. The van der Waals surface area contributed by atoms with E-state index in [4.69, 9.17) is 0 Å². The fourth-order valence-electron chi connectivity index (χ4n) is 0.879. The van der Waals surface area contributed by atoms with Crippen molar-refractivity contribution in [2.45, 2.75) is 0 Å². The summed E-state index contributed by atoms with van der Waals surface area (Å²) in [6.45, 7) is 0. The van der Waals surface area contributed by atoms with Gasteiger partial charge in [0, 0.05) is 5.56 Å². The van der Waals surface area contributed by atoms with Gasteiger partial charge in [0.15, 0.2) is 0 Å². The van der Waals surface area contributed by atoms with Crippen molar-refractivity contribution < 1.29 is 9.18 Å². The molecule has 66 valence electrons. The third-order valence-corrected chi connectivity index (χ3v) is 1.48. The van der Waals surface area contributed by atoms with Crippen LogP contribution in [0.5, 0.6) is 0 Å². The molecule has 0 amide bonds. The second kappa shape index (κ2) is 5.04. The van der Waals surface area contributed by atoms with E-state index in [0.717, 1.165) is 0 Å². The Hall–Kier alpha value is -1.70. The van der Waals surface area contributed by atoms with Gasteiger partial charge < -0.3 is 0 Å². The maximum Gasteiger partial charge on any atom is 0.142 e. The first-order valence-corrected chi connectivity index (χ1v) is 3.87. The SMILES string of the molecule is O=CC=CC=Cc1ccccc1F. The molecular formula is C11H9FO. The van der Waals surface area contributed by atoms with Crippen LogP contribution in [-0.2, 0) is 4.79 Å². The van der Waals surface area contributed by atoms with Crippen LogP contribution < -0.4 is 0 Å². The van der Waals surface area contributed by atoms with Crippen LogP contribution in [0.4, 0.5) is 4.39 Å². The number of hydrogen-bond acceptors (Lipinski definition) is 1. The van der Waals surface area contributed by atoms with Gasteiger partial charge in [-0.2, -0.15) is 0 Å². The Labute approximate surface area is 76.2 Å².